The lowest BCUT2D eigenvalue weighted by Gasteiger charge is -2.20. The molecule has 1 N–H and O–H groups in total. The number of nitrogens with zero attached hydrogens (tertiary/aromatic N) is 1. The van der Waals surface area contributed by atoms with E-state index in [9.17, 15) is 8.42 Å². The fourth-order valence-corrected chi connectivity index (χ4v) is 4.60. The molecule has 0 aliphatic carbocycles. The number of thiophene rings is 1. The number of rotatable bonds is 5. The number of benzene rings is 1. The monoisotopic (exact) mass is 324 g/mol. The van der Waals surface area contributed by atoms with Gasteiger partial charge in [0.2, 0.25) is 10.0 Å². The first-order valence-corrected chi connectivity index (χ1v) is 9.01. The highest BCUT2D eigenvalue weighted by atomic mass is 32.2. The number of anilines is 1. The maximum absolute atomic E-state index is 12.8. The Kier molecular flexibility index (Phi) is 4.70. The summed E-state index contributed by atoms with van der Waals surface area (Å²) in [6.07, 6.45) is 0. The van der Waals surface area contributed by atoms with Crippen molar-refractivity contribution in [3.8, 4) is 0 Å². The van der Waals surface area contributed by atoms with E-state index in [-0.39, 0.29) is 0 Å². The number of nitrogens with one attached hydrogen (secondary N) is 1. The quantitative estimate of drug-likeness (QED) is 0.918. The third kappa shape index (κ3) is 3.28. The summed E-state index contributed by atoms with van der Waals surface area (Å²) in [5.74, 6) is 0. The number of hydrogen-bond acceptors (Lipinski definition) is 4. The van der Waals surface area contributed by atoms with E-state index in [0.29, 0.717) is 11.4 Å². The van der Waals surface area contributed by atoms with Crippen LogP contribution in [-0.4, -0.2) is 26.8 Å². The molecule has 2 rings (SSSR count). The van der Waals surface area contributed by atoms with Gasteiger partial charge in [0.15, 0.2) is 0 Å². The van der Waals surface area contributed by atoms with Crippen LogP contribution in [0.3, 0.4) is 0 Å². The van der Waals surface area contributed by atoms with E-state index < -0.39 is 10.0 Å². The van der Waals surface area contributed by atoms with Gasteiger partial charge in [-0.25, -0.2) is 8.42 Å². The average molecular weight is 324 g/mol. The van der Waals surface area contributed by atoms with E-state index in [0.717, 1.165) is 22.4 Å². The molecule has 114 valence electrons. The summed E-state index contributed by atoms with van der Waals surface area (Å²) in [4.78, 5) is 0.402. The Morgan fingerprint density at radius 2 is 1.86 bits per heavy atom. The van der Waals surface area contributed by atoms with E-state index in [1.54, 1.807) is 18.4 Å². The summed E-state index contributed by atoms with van der Waals surface area (Å²) in [5, 5.41) is 6.97. The minimum Gasteiger partial charge on any atom is -0.388 e. The molecule has 0 saturated carbocycles. The fraction of sp³-hybridized carbons (Fsp3) is 0.333. The molecule has 0 aliphatic rings. The molecule has 0 radical (unpaired) electrons. The zero-order valence-corrected chi connectivity index (χ0v) is 14.3. The molecule has 0 spiro atoms. The lowest BCUT2D eigenvalue weighted by Crippen LogP contribution is -2.27. The molecule has 6 heteroatoms. The van der Waals surface area contributed by atoms with Crippen molar-refractivity contribution in [3.05, 3.63) is 45.6 Å². The van der Waals surface area contributed by atoms with E-state index >= 15 is 0 Å². The molecule has 0 saturated heterocycles. The van der Waals surface area contributed by atoms with Crippen molar-refractivity contribution in [2.75, 3.05) is 19.4 Å². The average Bonchev–Trinajstić information content (AvgIpc) is 2.90. The molecule has 0 amide bonds. The lowest BCUT2D eigenvalue weighted by molar-refractivity contribution is 0.466. The zero-order chi connectivity index (χ0) is 15.6. The minimum atomic E-state index is -3.49. The predicted octanol–water partition coefficient (Wildman–Crippen LogP) is 3.23. The Hall–Kier alpha value is -1.37. The summed E-state index contributed by atoms with van der Waals surface area (Å²) < 4.78 is 27.0. The molecule has 1 heterocycles. The van der Waals surface area contributed by atoms with E-state index in [1.165, 1.54) is 4.31 Å². The maximum atomic E-state index is 12.8. The van der Waals surface area contributed by atoms with Crippen LogP contribution in [0, 0.1) is 13.8 Å². The van der Waals surface area contributed by atoms with Crippen molar-refractivity contribution < 1.29 is 8.42 Å². The van der Waals surface area contributed by atoms with Crippen molar-refractivity contribution >= 4 is 27.0 Å². The Bertz CT molecular complexity index is 699. The first-order valence-electron chi connectivity index (χ1n) is 6.62. The number of sulfonamides is 1. The van der Waals surface area contributed by atoms with E-state index in [4.69, 9.17) is 0 Å². The molecule has 21 heavy (non-hydrogen) atoms. The van der Waals surface area contributed by atoms with Crippen molar-refractivity contribution in [2.45, 2.75) is 25.3 Å². The second kappa shape index (κ2) is 6.17. The summed E-state index contributed by atoms with van der Waals surface area (Å²) in [7, 11) is -0.0438. The lowest BCUT2D eigenvalue weighted by atomic mass is 10.1. The summed E-state index contributed by atoms with van der Waals surface area (Å²) in [6.45, 7) is 4.05. The molecule has 0 unspecified atom stereocenters. The van der Waals surface area contributed by atoms with E-state index in [1.807, 2.05) is 49.9 Å². The summed E-state index contributed by atoms with van der Waals surface area (Å²) in [5.41, 5.74) is 3.45. The first kappa shape index (κ1) is 16.0. The van der Waals surface area contributed by atoms with Gasteiger partial charge in [0.25, 0.3) is 0 Å². The van der Waals surface area contributed by atoms with E-state index in [2.05, 4.69) is 5.32 Å². The van der Waals surface area contributed by atoms with Gasteiger partial charge >= 0.3 is 0 Å². The number of aryl methyl sites for hydroxylation is 2. The van der Waals surface area contributed by atoms with Crippen LogP contribution in [0.25, 0.3) is 0 Å². The molecule has 0 bridgehead atoms. The van der Waals surface area contributed by atoms with Crippen LogP contribution < -0.4 is 5.32 Å². The molecular weight excluding hydrogens is 304 g/mol. The molecule has 0 atom stereocenters. The third-order valence-corrected chi connectivity index (χ3v) is 6.24. The van der Waals surface area contributed by atoms with Crippen molar-refractivity contribution in [2.24, 2.45) is 0 Å². The number of hydrogen-bond donors (Lipinski definition) is 1. The normalized spacial score (nSPS) is 11.9. The van der Waals surface area contributed by atoms with Crippen molar-refractivity contribution in [1.82, 2.24) is 4.31 Å². The highest BCUT2D eigenvalue weighted by Gasteiger charge is 2.25. The second-order valence-corrected chi connectivity index (χ2v) is 7.84. The van der Waals surface area contributed by atoms with Crippen LogP contribution in [0.1, 0.15) is 16.7 Å². The van der Waals surface area contributed by atoms with Crippen LogP contribution in [-0.2, 0) is 16.6 Å². The SMILES string of the molecule is CNc1cc(C)c(S(=O)(=O)N(C)Cc2ccsc2)c(C)c1. The Morgan fingerprint density at radius 3 is 2.33 bits per heavy atom. The highest BCUT2D eigenvalue weighted by Crippen LogP contribution is 2.27. The Morgan fingerprint density at radius 1 is 1.24 bits per heavy atom. The maximum Gasteiger partial charge on any atom is 0.243 e. The zero-order valence-electron chi connectivity index (χ0n) is 12.7. The first-order chi connectivity index (χ1) is 9.86. The van der Waals surface area contributed by atoms with Crippen LogP contribution in [0.4, 0.5) is 5.69 Å². The Labute approximate surface area is 130 Å². The van der Waals surface area contributed by atoms with Crippen LogP contribution in [0.15, 0.2) is 33.9 Å². The smallest absolute Gasteiger partial charge is 0.243 e. The molecule has 4 nitrogen and oxygen atoms in total. The minimum absolute atomic E-state index is 0.387. The summed E-state index contributed by atoms with van der Waals surface area (Å²) >= 11 is 1.57. The van der Waals surface area contributed by atoms with Gasteiger partial charge in [-0.05, 0) is 59.5 Å². The van der Waals surface area contributed by atoms with Gasteiger partial charge in [-0.3, -0.25) is 0 Å². The van der Waals surface area contributed by atoms with Gasteiger partial charge in [0.05, 0.1) is 4.90 Å². The molecule has 0 aliphatic heterocycles. The highest BCUT2D eigenvalue weighted by molar-refractivity contribution is 7.89. The van der Waals surface area contributed by atoms with Gasteiger partial charge in [-0.15, -0.1) is 0 Å². The Balaban J connectivity index is 2.39. The van der Waals surface area contributed by atoms with Crippen molar-refractivity contribution in [1.29, 1.82) is 0 Å². The fourth-order valence-electron chi connectivity index (χ4n) is 2.38. The second-order valence-electron chi connectivity index (χ2n) is 5.08. The predicted molar refractivity (Wildman–Crippen MR) is 88.4 cm³/mol. The molecule has 1 aromatic heterocycles. The summed E-state index contributed by atoms with van der Waals surface area (Å²) in [6, 6.07) is 5.66. The van der Waals surface area contributed by atoms with Gasteiger partial charge in [-0.2, -0.15) is 15.6 Å². The van der Waals surface area contributed by atoms with Crippen molar-refractivity contribution in [3.63, 3.8) is 0 Å². The molecular formula is C15H20N2O2S2. The topological polar surface area (TPSA) is 49.4 Å². The van der Waals surface area contributed by atoms with Crippen LogP contribution in [0.5, 0.6) is 0 Å². The van der Waals surface area contributed by atoms with Gasteiger partial charge in [0.1, 0.15) is 0 Å². The largest absolute Gasteiger partial charge is 0.388 e. The molecule has 0 fully saturated rings. The van der Waals surface area contributed by atoms with Gasteiger partial charge < -0.3 is 5.32 Å². The standard InChI is InChI=1S/C15H20N2O2S2/c1-11-7-14(16-3)8-12(2)15(11)21(18,19)17(4)9-13-5-6-20-10-13/h5-8,10,16H,9H2,1-4H3. The van der Waals surface area contributed by atoms with Crippen LogP contribution in [0.2, 0.25) is 0 Å². The molecule has 2 aromatic rings. The third-order valence-electron chi connectivity index (χ3n) is 3.40. The van der Waals surface area contributed by atoms with Gasteiger partial charge in [0, 0.05) is 26.3 Å². The van der Waals surface area contributed by atoms with Crippen LogP contribution >= 0.6 is 11.3 Å². The van der Waals surface area contributed by atoms with Gasteiger partial charge in [-0.1, -0.05) is 0 Å². The molecule has 1 aromatic carbocycles.